The first kappa shape index (κ1) is 20.1. The number of amides is 1. The van der Waals surface area contributed by atoms with Crippen molar-refractivity contribution in [3.05, 3.63) is 53.9 Å². The number of hydrogen-bond donors (Lipinski definition) is 2. The van der Waals surface area contributed by atoms with Gasteiger partial charge in [-0.15, -0.1) is 10.2 Å². The summed E-state index contributed by atoms with van der Waals surface area (Å²) in [5.74, 6) is 1.19. The van der Waals surface area contributed by atoms with E-state index < -0.39 is 5.92 Å². The number of para-hydroxylation sites is 2. The third-order valence-corrected chi connectivity index (χ3v) is 4.35. The van der Waals surface area contributed by atoms with Gasteiger partial charge in [0.05, 0.1) is 26.5 Å². The molecule has 1 heterocycles. The number of nitrogens with zero attached hydrogens (tertiary/aromatic N) is 3. The number of aromatic nitrogens is 4. The molecule has 0 radical (unpaired) electrons. The Labute approximate surface area is 168 Å². The van der Waals surface area contributed by atoms with E-state index in [0.717, 1.165) is 5.56 Å². The predicted molar refractivity (Wildman–Crippen MR) is 106 cm³/mol. The summed E-state index contributed by atoms with van der Waals surface area (Å²) in [6, 6.07) is 12.7. The number of benzene rings is 2. The Bertz CT molecular complexity index is 946. The fourth-order valence-electron chi connectivity index (χ4n) is 2.93. The zero-order chi connectivity index (χ0) is 20.6. The topological polar surface area (TPSA) is 111 Å². The number of H-pyrrole nitrogens is 1. The number of carbonyl (C=O) groups is 1. The largest absolute Gasteiger partial charge is 0.497 e. The lowest BCUT2D eigenvalue weighted by Gasteiger charge is -2.17. The molecule has 1 atom stereocenters. The van der Waals surface area contributed by atoms with Crippen molar-refractivity contribution < 1.29 is 19.0 Å². The number of aromatic amines is 1. The van der Waals surface area contributed by atoms with Crippen molar-refractivity contribution >= 4 is 11.6 Å². The molecule has 0 unspecified atom stereocenters. The van der Waals surface area contributed by atoms with Crippen molar-refractivity contribution in [3.63, 3.8) is 0 Å². The summed E-state index contributed by atoms with van der Waals surface area (Å²) < 4.78 is 16.3. The molecule has 0 saturated carbocycles. The summed E-state index contributed by atoms with van der Waals surface area (Å²) in [5.41, 5.74) is 1.39. The van der Waals surface area contributed by atoms with Gasteiger partial charge in [-0.3, -0.25) is 4.79 Å². The minimum absolute atomic E-state index is 0.281. The number of ether oxygens (including phenoxy) is 3. The Kier molecular flexibility index (Phi) is 6.62. The van der Waals surface area contributed by atoms with E-state index in [1.165, 1.54) is 0 Å². The van der Waals surface area contributed by atoms with Gasteiger partial charge >= 0.3 is 0 Å². The van der Waals surface area contributed by atoms with E-state index in [0.29, 0.717) is 36.0 Å². The van der Waals surface area contributed by atoms with Crippen LogP contribution < -0.4 is 19.5 Å². The normalized spacial score (nSPS) is 11.6. The minimum atomic E-state index is -0.689. The Morgan fingerprint density at radius 1 is 1.14 bits per heavy atom. The maximum atomic E-state index is 13.1. The van der Waals surface area contributed by atoms with Crippen LogP contribution in [0.5, 0.6) is 17.2 Å². The molecule has 3 rings (SSSR count). The maximum Gasteiger partial charge on any atom is 0.235 e. The zero-order valence-electron chi connectivity index (χ0n) is 16.5. The predicted octanol–water partition coefficient (Wildman–Crippen LogP) is 2.58. The smallest absolute Gasteiger partial charge is 0.235 e. The highest BCUT2D eigenvalue weighted by Crippen LogP contribution is 2.30. The molecule has 9 nitrogen and oxygen atoms in total. The van der Waals surface area contributed by atoms with Gasteiger partial charge in [0.25, 0.3) is 0 Å². The molecule has 152 valence electrons. The summed E-state index contributed by atoms with van der Waals surface area (Å²) in [7, 11) is 3.15. The number of anilines is 1. The molecule has 2 N–H and O–H groups in total. The number of hydrogen-bond acceptors (Lipinski definition) is 7. The first-order valence-electron chi connectivity index (χ1n) is 9.13. The first-order chi connectivity index (χ1) is 14.2. The molecule has 3 aromatic rings. The van der Waals surface area contributed by atoms with Crippen LogP contribution in [0, 0.1) is 0 Å². The van der Waals surface area contributed by atoms with Crippen LogP contribution in [0.2, 0.25) is 0 Å². The highest BCUT2D eigenvalue weighted by Gasteiger charge is 2.27. The second-order valence-electron chi connectivity index (χ2n) is 6.12. The van der Waals surface area contributed by atoms with Gasteiger partial charge in [-0.2, -0.15) is 5.21 Å². The average molecular weight is 397 g/mol. The molecule has 0 saturated heterocycles. The fraction of sp³-hybridized carbons (Fsp3) is 0.300. The fourth-order valence-corrected chi connectivity index (χ4v) is 2.93. The summed E-state index contributed by atoms with van der Waals surface area (Å²) >= 11 is 0. The van der Waals surface area contributed by atoms with Gasteiger partial charge in [0.2, 0.25) is 5.91 Å². The van der Waals surface area contributed by atoms with E-state index in [-0.39, 0.29) is 11.7 Å². The third-order valence-electron chi connectivity index (χ3n) is 4.35. The average Bonchev–Trinajstić information content (AvgIpc) is 3.28. The second kappa shape index (κ2) is 9.54. The molecule has 29 heavy (non-hydrogen) atoms. The Balaban J connectivity index is 1.88. The van der Waals surface area contributed by atoms with Gasteiger partial charge in [-0.05, 0) is 37.1 Å². The summed E-state index contributed by atoms with van der Waals surface area (Å²) in [5, 5.41) is 17.0. The van der Waals surface area contributed by atoms with Crippen LogP contribution in [0.25, 0.3) is 0 Å². The standard InChI is InChI=1S/C20H23N5O4/c1-4-29-17-8-6-5-7-16(17)21-20(26)15(19-22-24-25-23-19)11-13-9-10-14(27-2)12-18(13)28-3/h5-10,12,15H,4,11H2,1-3H3,(H,21,26)(H,22,23,24,25)/t15-/m1/s1. The van der Waals surface area contributed by atoms with Crippen molar-refractivity contribution in [2.24, 2.45) is 0 Å². The van der Waals surface area contributed by atoms with Gasteiger partial charge < -0.3 is 19.5 Å². The quantitative estimate of drug-likeness (QED) is 0.571. The molecule has 2 aromatic carbocycles. The molecule has 0 fully saturated rings. The Morgan fingerprint density at radius 2 is 1.97 bits per heavy atom. The van der Waals surface area contributed by atoms with Gasteiger partial charge in [-0.25, -0.2) is 0 Å². The molecule has 0 bridgehead atoms. The number of tetrazole rings is 1. The van der Waals surface area contributed by atoms with Crippen LogP contribution in [-0.4, -0.2) is 47.4 Å². The van der Waals surface area contributed by atoms with Crippen LogP contribution in [0.15, 0.2) is 42.5 Å². The second-order valence-corrected chi connectivity index (χ2v) is 6.12. The molecule has 0 aliphatic heterocycles. The molecule has 9 heteroatoms. The SMILES string of the molecule is CCOc1ccccc1NC(=O)[C@H](Cc1ccc(OC)cc1OC)c1nn[nH]n1. The lowest BCUT2D eigenvalue weighted by Crippen LogP contribution is -2.24. The highest BCUT2D eigenvalue weighted by molar-refractivity contribution is 5.96. The molecule has 1 amide bonds. The van der Waals surface area contributed by atoms with Gasteiger partial charge in [0, 0.05) is 6.07 Å². The number of rotatable bonds is 9. The van der Waals surface area contributed by atoms with E-state index in [2.05, 4.69) is 25.9 Å². The summed E-state index contributed by atoms with van der Waals surface area (Å²) in [6.45, 7) is 2.38. The van der Waals surface area contributed by atoms with Crippen molar-refractivity contribution in [1.29, 1.82) is 0 Å². The van der Waals surface area contributed by atoms with E-state index in [1.807, 2.05) is 31.2 Å². The molecule has 0 spiro atoms. The first-order valence-corrected chi connectivity index (χ1v) is 9.13. The number of methoxy groups -OCH3 is 2. The molecule has 0 aliphatic carbocycles. The van der Waals surface area contributed by atoms with Crippen LogP contribution >= 0.6 is 0 Å². The number of carbonyl (C=O) groups excluding carboxylic acids is 1. The maximum absolute atomic E-state index is 13.1. The monoisotopic (exact) mass is 397 g/mol. The van der Waals surface area contributed by atoms with Crippen molar-refractivity contribution in [3.8, 4) is 17.2 Å². The Hall–Kier alpha value is -3.62. The lowest BCUT2D eigenvalue weighted by molar-refractivity contribution is -0.117. The van der Waals surface area contributed by atoms with Crippen LogP contribution in [0.4, 0.5) is 5.69 Å². The highest BCUT2D eigenvalue weighted by atomic mass is 16.5. The summed E-state index contributed by atoms with van der Waals surface area (Å²) in [4.78, 5) is 13.1. The van der Waals surface area contributed by atoms with Gasteiger partial charge in [-0.1, -0.05) is 23.4 Å². The number of nitrogens with one attached hydrogen (secondary N) is 2. The van der Waals surface area contributed by atoms with Crippen molar-refractivity contribution in [1.82, 2.24) is 20.6 Å². The molecular weight excluding hydrogens is 374 g/mol. The summed E-state index contributed by atoms with van der Waals surface area (Å²) in [6.07, 6.45) is 0.315. The lowest BCUT2D eigenvalue weighted by atomic mass is 9.96. The van der Waals surface area contributed by atoms with Crippen LogP contribution in [0.1, 0.15) is 24.2 Å². The third kappa shape index (κ3) is 4.81. The molecule has 1 aromatic heterocycles. The van der Waals surface area contributed by atoms with Gasteiger partial charge in [0.1, 0.15) is 23.2 Å². The van der Waals surface area contributed by atoms with E-state index in [4.69, 9.17) is 14.2 Å². The van der Waals surface area contributed by atoms with Crippen LogP contribution in [-0.2, 0) is 11.2 Å². The molecule has 0 aliphatic rings. The Morgan fingerprint density at radius 3 is 2.66 bits per heavy atom. The van der Waals surface area contributed by atoms with Gasteiger partial charge in [0.15, 0.2) is 5.82 Å². The van der Waals surface area contributed by atoms with E-state index >= 15 is 0 Å². The zero-order valence-corrected chi connectivity index (χ0v) is 16.5. The molecular formula is C20H23N5O4. The van der Waals surface area contributed by atoms with E-state index in [1.54, 1.807) is 32.4 Å². The minimum Gasteiger partial charge on any atom is -0.497 e. The van der Waals surface area contributed by atoms with Crippen molar-refractivity contribution in [2.45, 2.75) is 19.3 Å². The van der Waals surface area contributed by atoms with Crippen LogP contribution in [0.3, 0.4) is 0 Å². The van der Waals surface area contributed by atoms with Crippen molar-refractivity contribution in [2.75, 3.05) is 26.1 Å². The van der Waals surface area contributed by atoms with E-state index in [9.17, 15) is 4.79 Å².